The van der Waals surface area contributed by atoms with E-state index in [-0.39, 0.29) is 5.82 Å². The smallest absolute Gasteiger partial charge is 0.187 e. The van der Waals surface area contributed by atoms with Gasteiger partial charge in [-0.1, -0.05) is 18.2 Å². The number of nitrogens with zero attached hydrogens (tertiary/aromatic N) is 1. The Morgan fingerprint density at radius 1 is 1.56 bits per heavy atom. The lowest BCUT2D eigenvalue weighted by Crippen LogP contribution is -2.31. The van der Waals surface area contributed by atoms with Crippen molar-refractivity contribution in [3.8, 4) is 0 Å². The van der Waals surface area contributed by atoms with Gasteiger partial charge >= 0.3 is 0 Å². The number of hydrazone groups is 1. The minimum Gasteiger partial charge on any atom is -0.358 e. The van der Waals surface area contributed by atoms with Crippen LogP contribution in [0.25, 0.3) is 0 Å². The normalized spacial score (nSPS) is 10.1. The first-order valence-electron chi connectivity index (χ1n) is 4.66. The van der Waals surface area contributed by atoms with Crippen LogP contribution in [0.5, 0.6) is 0 Å². The van der Waals surface area contributed by atoms with Crippen LogP contribution < -0.4 is 10.7 Å². The van der Waals surface area contributed by atoms with Gasteiger partial charge in [-0.25, -0.2) is 4.39 Å². The van der Waals surface area contributed by atoms with Crippen LogP contribution in [0.2, 0.25) is 0 Å². The Morgan fingerprint density at radius 2 is 2.38 bits per heavy atom. The van der Waals surface area contributed by atoms with Crippen molar-refractivity contribution in [2.24, 2.45) is 5.10 Å². The molecule has 0 saturated carbocycles. The molecular weight excluding hydrogens is 225 g/mol. The Morgan fingerprint density at radius 3 is 3.06 bits per heavy atom. The molecule has 0 aliphatic rings. The summed E-state index contributed by atoms with van der Waals surface area (Å²) in [6, 6.07) is 6.12. The maximum atomic E-state index is 12.8. The predicted molar refractivity (Wildman–Crippen MR) is 67.9 cm³/mol. The molecule has 1 aromatic rings. The van der Waals surface area contributed by atoms with Gasteiger partial charge in [-0.15, -0.1) is 6.58 Å². The number of rotatable bonds is 4. The van der Waals surface area contributed by atoms with Crippen molar-refractivity contribution in [1.82, 2.24) is 10.7 Å². The van der Waals surface area contributed by atoms with E-state index in [4.69, 9.17) is 12.2 Å². The van der Waals surface area contributed by atoms with Gasteiger partial charge in [-0.05, 0) is 29.9 Å². The van der Waals surface area contributed by atoms with Crippen molar-refractivity contribution in [1.29, 1.82) is 0 Å². The zero-order valence-corrected chi connectivity index (χ0v) is 9.43. The van der Waals surface area contributed by atoms with Crippen LogP contribution in [0.1, 0.15) is 5.56 Å². The lowest BCUT2D eigenvalue weighted by molar-refractivity contribution is 0.627. The van der Waals surface area contributed by atoms with Gasteiger partial charge in [0, 0.05) is 6.54 Å². The van der Waals surface area contributed by atoms with Crippen molar-refractivity contribution < 1.29 is 4.39 Å². The van der Waals surface area contributed by atoms with E-state index in [2.05, 4.69) is 22.4 Å². The van der Waals surface area contributed by atoms with Crippen LogP contribution in [0.3, 0.4) is 0 Å². The van der Waals surface area contributed by atoms with Crippen molar-refractivity contribution in [2.45, 2.75) is 0 Å². The molecule has 0 fully saturated rings. The van der Waals surface area contributed by atoms with Crippen molar-refractivity contribution >= 4 is 23.5 Å². The van der Waals surface area contributed by atoms with Crippen molar-refractivity contribution in [2.75, 3.05) is 6.54 Å². The molecule has 3 nitrogen and oxygen atoms in total. The van der Waals surface area contributed by atoms with Gasteiger partial charge in [0.1, 0.15) is 5.82 Å². The molecule has 0 atom stereocenters. The third kappa shape index (κ3) is 4.65. The molecule has 0 saturated heterocycles. The Hall–Kier alpha value is -1.75. The average molecular weight is 237 g/mol. The fourth-order valence-corrected chi connectivity index (χ4v) is 1.09. The number of hydrogen-bond acceptors (Lipinski definition) is 2. The lowest BCUT2D eigenvalue weighted by atomic mass is 10.2. The first-order chi connectivity index (χ1) is 7.72. The highest BCUT2D eigenvalue weighted by molar-refractivity contribution is 7.80. The van der Waals surface area contributed by atoms with E-state index in [9.17, 15) is 4.39 Å². The molecule has 0 aromatic heterocycles. The van der Waals surface area contributed by atoms with Crippen LogP contribution in [-0.4, -0.2) is 17.9 Å². The molecule has 1 aromatic carbocycles. The zero-order valence-electron chi connectivity index (χ0n) is 8.61. The summed E-state index contributed by atoms with van der Waals surface area (Å²) in [6.45, 7) is 4.11. The van der Waals surface area contributed by atoms with Gasteiger partial charge in [-0.3, -0.25) is 5.43 Å². The van der Waals surface area contributed by atoms with E-state index in [0.717, 1.165) is 0 Å². The highest BCUT2D eigenvalue weighted by Crippen LogP contribution is 1.99. The molecule has 0 bridgehead atoms. The maximum Gasteiger partial charge on any atom is 0.187 e. The number of halogens is 1. The van der Waals surface area contributed by atoms with Crippen molar-refractivity contribution in [3.05, 3.63) is 48.3 Å². The van der Waals surface area contributed by atoms with Crippen LogP contribution >= 0.6 is 12.2 Å². The Balaban J connectivity index is 2.42. The van der Waals surface area contributed by atoms with E-state index in [1.807, 2.05) is 0 Å². The molecular formula is C11H12FN3S. The van der Waals surface area contributed by atoms with Crippen LogP contribution in [-0.2, 0) is 0 Å². The van der Waals surface area contributed by atoms with Gasteiger partial charge in [0.25, 0.3) is 0 Å². The summed E-state index contributed by atoms with van der Waals surface area (Å²) in [4.78, 5) is 0. The molecule has 0 aliphatic heterocycles. The third-order valence-corrected chi connectivity index (χ3v) is 1.87. The number of nitrogens with one attached hydrogen (secondary N) is 2. The minimum absolute atomic E-state index is 0.295. The summed E-state index contributed by atoms with van der Waals surface area (Å²) in [7, 11) is 0. The molecule has 1 rings (SSSR count). The lowest BCUT2D eigenvalue weighted by Gasteiger charge is -2.02. The fraction of sp³-hybridized carbons (Fsp3) is 0.0909. The Labute approximate surface area is 99.1 Å². The van der Waals surface area contributed by atoms with E-state index in [1.165, 1.54) is 18.3 Å². The van der Waals surface area contributed by atoms with Gasteiger partial charge in [0.15, 0.2) is 5.11 Å². The number of thiocarbonyl (C=S) groups is 1. The summed E-state index contributed by atoms with van der Waals surface area (Å²) < 4.78 is 12.8. The van der Waals surface area contributed by atoms with E-state index >= 15 is 0 Å². The Bertz CT molecular complexity index is 404. The van der Waals surface area contributed by atoms with E-state index in [0.29, 0.717) is 17.2 Å². The first-order valence-corrected chi connectivity index (χ1v) is 5.06. The van der Waals surface area contributed by atoms with E-state index in [1.54, 1.807) is 18.2 Å². The standard InChI is InChI=1S/C11H12FN3S/c1-2-6-13-11(16)15-14-8-9-4-3-5-10(12)7-9/h2-5,7-8H,1,6H2,(H2,13,15,16)/b14-8+. The molecule has 0 amide bonds. The molecule has 0 spiro atoms. The topological polar surface area (TPSA) is 36.4 Å². The molecule has 2 N–H and O–H groups in total. The number of hydrogen-bond donors (Lipinski definition) is 2. The summed E-state index contributed by atoms with van der Waals surface area (Å²) in [5.41, 5.74) is 3.27. The van der Waals surface area contributed by atoms with Gasteiger partial charge in [-0.2, -0.15) is 5.10 Å². The largest absolute Gasteiger partial charge is 0.358 e. The molecule has 0 aliphatic carbocycles. The summed E-state index contributed by atoms with van der Waals surface area (Å²) in [5.74, 6) is -0.295. The molecule has 84 valence electrons. The summed E-state index contributed by atoms with van der Waals surface area (Å²) in [5, 5.41) is 7.10. The quantitative estimate of drug-likeness (QED) is 0.363. The molecule has 16 heavy (non-hydrogen) atoms. The van der Waals surface area contributed by atoms with E-state index < -0.39 is 0 Å². The highest BCUT2D eigenvalue weighted by Gasteiger charge is 1.91. The number of benzene rings is 1. The average Bonchev–Trinajstić information content (AvgIpc) is 2.26. The SMILES string of the molecule is C=CCNC(=S)N/N=C/c1cccc(F)c1. The van der Waals surface area contributed by atoms with Crippen LogP contribution in [0.15, 0.2) is 42.0 Å². The second-order valence-corrected chi connectivity index (χ2v) is 3.33. The van der Waals surface area contributed by atoms with Gasteiger partial charge in [0.2, 0.25) is 0 Å². The fourth-order valence-electron chi connectivity index (χ4n) is 0.957. The van der Waals surface area contributed by atoms with Crippen molar-refractivity contribution in [3.63, 3.8) is 0 Å². The highest BCUT2D eigenvalue weighted by atomic mass is 32.1. The molecule has 5 heteroatoms. The predicted octanol–water partition coefficient (Wildman–Crippen LogP) is 1.81. The zero-order chi connectivity index (χ0) is 11.8. The second-order valence-electron chi connectivity index (χ2n) is 2.92. The van der Waals surface area contributed by atoms with Gasteiger partial charge < -0.3 is 5.32 Å². The Kier molecular flexibility index (Phi) is 5.15. The summed E-state index contributed by atoms with van der Waals surface area (Å²) >= 11 is 4.90. The molecule has 0 unspecified atom stereocenters. The van der Waals surface area contributed by atoms with Crippen LogP contribution in [0, 0.1) is 5.82 Å². The minimum atomic E-state index is -0.295. The molecule has 0 radical (unpaired) electrons. The van der Waals surface area contributed by atoms with Crippen LogP contribution in [0.4, 0.5) is 4.39 Å². The van der Waals surface area contributed by atoms with Gasteiger partial charge in [0.05, 0.1) is 6.21 Å². The maximum absolute atomic E-state index is 12.8. The monoisotopic (exact) mass is 237 g/mol. The third-order valence-electron chi connectivity index (χ3n) is 1.64. The summed E-state index contributed by atoms with van der Waals surface area (Å²) in [6.07, 6.45) is 3.18. The first kappa shape index (κ1) is 12.3. The molecule has 0 heterocycles. The second kappa shape index (κ2) is 6.68.